The number of amides is 1. The van der Waals surface area contributed by atoms with Crippen LogP contribution < -0.4 is 10.6 Å². The molecule has 1 aliphatic heterocycles. The third-order valence-electron chi connectivity index (χ3n) is 7.48. The average Bonchev–Trinajstić information content (AvgIpc) is 3.07. The summed E-state index contributed by atoms with van der Waals surface area (Å²) in [5.74, 6) is 1.23. The third-order valence-corrected chi connectivity index (χ3v) is 7.48. The van der Waals surface area contributed by atoms with Crippen LogP contribution in [0.25, 0.3) is 10.9 Å². The molecule has 2 fully saturated rings. The van der Waals surface area contributed by atoms with Gasteiger partial charge in [0.25, 0.3) is 0 Å². The van der Waals surface area contributed by atoms with Crippen molar-refractivity contribution in [1.29, 1.82) is 0 Å². The number of aliphatic hydroxyl groups excluding tert-OH is 1. The van der Waals surface area contributed by atoms with E-state index in [4.69, 9.17) is 0 Å². The minimum atomic E-state index is -0.185. The largest absolute Gasteiger partial charge is 0.393 e. The zero-order valence-corrected chi connectivity index (χ0v) is 18.2. The Bertz CT molecular complexity index is 926. The number of nitrogens with zero attached hydrogens (tertiary/aromatic N) is 1. The molecular weight excluding hydrogens is 374 g/mol. The van der Waals surface area contributed by atoms with Crippen molar-refractivity contribution in [3.63, 3.8) is 0 Å². The highest BCUT2D eigenvalue weighted by atomic mass is 16.3. The summed E-state index contributed by atoms with van der Waals surface area (Å²) < 4.78 is 2.43. The van der Waals surface area contributed by atoms with Crippen molar-refractivity contribution in [3.05, 3.63) is 35.5 Å². The number of nitrogens with one attached hydrogen (secondary N) is 2. The summed E-state index contributed by atoms with van der Waals surface area (Å²) in [7, 11) is 0. The van der Waals surface area contributed by atoms with E-state index in [-0.39, 0.29) is 24.0 Å². The second-order valence-electron chi connectivity index (χ2n) is 10.2. The highest BCUT2D eigenvalue weighted by molar-refractivity contribution is 5.89. The predicted molar refractivity (Wildman–Crippen MR) is 120 cm³/mol. The molecule has 3 N–H and O–H groups in total. The first-order valence-corrected chi connectivity index (χ1v) is 11.8. The van der Waals surface area contributed by atoms with Gasteiger partial charge in [0.2, 0.25) is 5.91 Å². The lowest BCUT2D eigenvalue weighted by Gasteiger charge is -2.40. The molecule has 5 nitrogen and oxygen atoms in total. The average molecular weight is 410 g/mol. The van der Waals surface area contributed by atoms with Gasteiger partial charge in [0.15, 0.2) is 0 Å². The zero-order valence-electron chi connectivity index (χ0n) is 18.2. The molecule has 3 atom stereocenters. The Kier molecular flexibility index (Phi) is 5.36. The van der Waals surface area contributed by atoms with Crippen molar-refractivity contribution in [2.75, 3.05) is 6.54 Å². The summed E-state index contributed by atoms with van der Waals surface area (Å²) >= 11 is 0. The van der Waals surface area contributed by atoms with Gasteiger partial charge in [-0.3, -0.25) is 4.79 Å². The second kappa shape index (κ2) is 8.01. The van der Waals surface area contributed by atoms with Crippen molar-refractivity contribution < 1.29 is 9.90 Å². The molecule has 30 heavy (non-hydrogen) atoms. The maximum Gasteiger partial charge on any atom is 0.224 e. The quantitative estimate of drug-likeness (QED) is 0.726. The molecule has 1 amide bonds. The molecule has 3 aliphatic rings. The van der Waals surface area contributed by atoms with Crippen LogP contribution in [0.3, 0.4) is 0 Å². The number of aliphatic hydroxyl groups is 1. The van der Waals surface area contributed by atoms with E-state index >= 15 is 0 Å². The van der Waals surface area contributed by atoms with E-state index in [9.17, 15) is 9.90 Å². The third kappa shape index (κ3) is 3.67. The van der Waals surface area contributed by atoms with Crippen LogP contribution in [-0.4, -0.2) is 40.3 Å². The summed E-state index contributed by atoms with van der Waals surface area (Å²) in [6, 6.07) is 7.38. The van der Waals surface area contributed by atoms with Crippen LogP contribution in [0.15, 0.2) is 24.4 Å². The minimum Gasteiger partial charge on any atom is -0.393 e. The predicted octanol–water partition coefficient (Wildman–Crippen LogP) is 3.33. The Morgan fingerprint density at radius 1 is 1.27 bits per heavy atom. The van der Waals surface area contributed by atoms with E-state index < -0.39 is 0 Å². The van der Waals surface area contributed by atoms with Crippen molar-refractivity contribution in [1.82, 2.24) is 15.2 Å². The topological polar surface area (TPSA) is 66.3 Å². The molecule has 0 bridgehead atoms. The van der Waals surface area contributed by atoms with Crippen LogP contribution in [0.4, 0.5) is 0 Å². The lowest BCUT2D eigenvalue weighted by molar-refractivity contribution is -0.127. The molecule has 1 aromatic carbocycles. The fourth-order valence-corrected chi connectivity index (χ4v) is 6.00. The molecule has 0 radical (unpaired) electrons. The number of hydrogen-bond donors (Lipinski definition) is 3. The summed E-state index contributed by atoms with van der Waals surface area (Å²) in [6.07, 6.45) is 7.55. The van der Waals surface area contributed by atoms with Crippen LogP contribution in [0, 0.1) is 11.8 Å². The van der Waals surface area contributed by atoms with Gasteiger partial charge in [0.05, 0.1) is 12.0 Å². The Morgan fingerprint density at radius 2 is 2.07 bits per heavy atom. The van der Waals surface area contributed by atoms with Gasteiger partial charge in [-0.2, -0.15) is 0 Å². The van der Waals surface area contributed by atoms with Gasteiger partial charge in [0.1, 0.15) is 0 Å². The van der Waals surface area contributed by atoms with E-state index in [1.807, 2.05) is 0 Å². The number of rotatable bonds is 4. The lowest BCUT2D eigenvalue weighted by Crippen LogP contribution is -2.52. The summed E-state index contributed by atoms with van der Waals surface area (Å²) in [6.45, 7) is 6.35. The SMILES string of the molecule is CC(C)Cn1cc2c3c(cccc31)[C@H]1C[C@@H](C(=O)NC3CCC(O)CC3)CN[C@@H]1C2. The first kappa shape index (κ1) is 20.1. The normalized spacial score (nSPS) is 31.0. The molecule has 1 saturated carbocycles. The van der Waals surface area contributed by atoms with Gasteiger partial charge in [-0.05, 0) is 61.6 Å². The van der Waals surface area contributed by atoms with Gasteiger partial charge in [-0.25, -0.2) is 0 Å². The summed E-state index contributed by atoms with van der Waals surface area (Å²) in [5.41, 5.74) is 4.23. The van der Waals surface area contributed by atoms with Crippen LogP contribution in [0.2, 0.25) is 0 Å². The molecule has 1 aromatic heterocycles. The Morgan fingerprint density at radius 3 is 2.83 bits per heavy atom. The number of benzene rings is 1. The number of carbonyl (C=O) groups excluding carboxylic acids is 1. The van der Waals surface area contributed by atoms with Crippen molar-refractivity contribution >= 4 is 16.8 Å². The highest BCUT2D eigenvalue weighted by Gasteiger charge is 2.39. The molecule has 1 saturated heterocycles. The van der Waals surface area contributed by atoms with Crippen molar-refractivity contribution in [2.24, 2.45) is 11.8 Å². The Hall–Kier alpha value is -1.85. The standard InChI is InChI=1S/C25H35N3O2/c1-15(2)13-28-14-17-11-22-21(20-4-3-5-23(28)24(17)20)10-16(12-26-22)25(30)27-18-6-8-19(29)9-7-18/h3-5,14-16,18-19,21-22,26,29H,6-13H2,1-2H3,(H,27,30)/t16-,18?,19?,21-,22-/m1/s1. The van der Waals surface area contributed by atoms with E-state index in [2.05, 4.69) is 53.4 Å². The zero-order chi connectivity index (χ0) is 20.8. The number of carbonyl (C=O) groups is 1. The van der Waals surface area contributed by atoms with Gasteiger partial charge in [-0.15, -0.1) is 0 Å². The number of piperidine rings is 1. The summed E-state index contributed by atoms with van der Waals surface area (Å²) in [4.78, 5) is 13.0. The van der Waals surface area contributed by atoms with E-state index in [0.717, 1.165) is 51.6 Å². The van der Waals surface area contributed by atoms with Crippen LogP contribution in [0.5, 0.6) is 0 Å². The molecule has 5 heteroatoms. The molecule has 0 spiro atoms. The molecule has 2 aliphatic carbocycles. The van der Waals surface area contributed by atoms with Crippen molar-refractivity contribution in [3.8, 4) is 0 Å². The first-order valence-electron chi connectivity index (χ1n) is 11.8. The fraction of sp³-hybridized carbons (Fsp3) is 0.640. The van der Waals surface area contributed by atoms with Gasteiger partial charge in [0, 0.05) is 48.2 Å². The van der Waals surface area contributed by atoms with Crippen molar-refractivity contribution in [2.45, 2.75) is 83.0 Å². The monoisotopic (exact) mass is 409 g/mol. The van der Waals surface area contributed by atoms with E-state index in [1.165, 1.54) is 22.0 Å². The second-order valence-corrected chi connectivity index (χ2v) is 10.2. The number of aromatic nitrogens is 1. The first-order chi connectivity index (χ1) is 14.5. The maximum absolute atomic E-state index is 13.0. The molecule has 2 aromatic rings. The number of hydrogen-bond acceptors (Lipinski definition) is 3. The van der Waals surface area contributed by atoms with Crippen LogP contribution in [-0.2, 0) is 17.8 Å². The number of fused-ring (bicyclic) bond motifs is 2. The van der Waals surface area contributed by atoms with E-state index in [0.29, 0.717) is 17.9 Å². The highest BCUT2D eigenvalue weighted by Crippen LogP contribution is 2.42. The van der Waals surface area contributed by atoms with Crippen LogP contribution >= 0.6 is 0 Å². The summed E-state index contributed by atoms with van der Waals surface area (Å²) in [5, 5.41) is 18.2. The van der Waals surface area contributed by atoms with Gasteiger partial charge < -0.3 is 20.3 Å². The van der Waals surface area contributed by atoms with E-state index in [1.54, 1.807) is 0 Å². The van der Waals surface area contributed by atoms with Gasteiger partial charge in [-0.1, -0.05) is 26.0 Å². The smallest absolute Gasteiger partial charge is 0.224 e. The lowest BCUT2D eigenvalue weighted by atomic mass is 9.73. The molecule has 5 rings (SSSR count). The fourth-order valence-electron chi connectivity index (χ4n) is 6.00. The molecule has 0 unspecified atom stereocenters. The maximum atomic E-state index is 13.0. The molecule has 162 valence electrons. The molecule has 2 heterocycles. The van der Waals surface area contributed by atoms with Gasteiger partial charge >= 0.3 is 0 Å². The minimum absolute atomic E-state index is 0.0210. The van der Waals surface area contributed by atoms with Crippen LogP contribution in [0.1, 0.15) is 63.0 Å². The Labute approximate surface area is 179 Å². The molecular formula is C25H35N3O2. The Balaban J connectivity index is 1.35.